The van der Waals surface area contributed by atoms with E-state index in [0.717, 1.165) is 5.56 Å². The van der Waals surface area contributed by atoms with Gasteiger partial charge in [-0.2, -0.15) is 8.42 Å². The summed E-state index contributed by atoms with van der Waals surface area (Å²) in [5.41, 5.74) is 12.3. The van der Waals surface area contributed by atoms with E-state index in [1.807, 2.05) is 0 Å². The fraction of sp³-hybridized carbons (Fsp3) is 0.250. The van der Waals surface area contributed by atoms with Crippen LogP contribution in [0.5, 0.6) is 0 Å². The molecule has 0 aliphatic rings. The lowest BCUT2D eigenvalue weighted by atomic mass is 10.1. The lowest BCUT2D eigenvalue weighted by Crippen LogP contribution is -2.07. The van der Waals surface area contributed by atoms with E-state index in [1.165, 1.54) is 12.1 Å². The van der Waals surface area contributed by atoms with Gasteiger partial charge in [0.1, 0.15) is 4.90 Å². The normalized spacial score (nSPS) is 11.6. The molecule has 0 aromatic heterocycles. The lowest BCUT2D eigenvalue weighted by molar-refractivity contribution is 0.483. The van der Waals surface area contributed by atoms with E-state index in [-0.39, 0.29) is 17.1 Å². The Bertz CT molecular complexity index is 454. The van der Waals surface area contributed by atoms with Gasteiger partial charge in [0, 0.05) is 6.54 Å². The van der Waals surface area contributed by atoms with Crippen LogP contribution in [0.25, 0.3) is 0 Å². The van der Waals surface area contributed by atoms with Crippen molar-refractivity contribution < 1.29 is 13.0 Å². The second kappa shape index (κ2) is 3.56. The highest BCUT2D eigenvalue weighted by Crippen LogP contribution is 2.22. The SMILES string of the molecule is Cc1cc(S(=O)(=O)O)c(N)cc1CN. The van der Waals surface area contributed by atoms with Crippen LogP contribution in [0.2, 0.25) is 0 Å². The summed E-state index contributed by atoms with van der Waals surface area (Å²) in [7, 11) is -4.25. The van der Waals surface area contributed by atoms with Gasteiger partial charge in [-0.1, -0.05) is 0 Å². The minimum atomic E-state index is -4.25. The Balaban J connectivity index is 3.44. The number of nitrogen functional groups attached to an aromatic ring is 1. The summed E-state index contributed by atoms with van der Waals surface area (Å²) in [6.07, 6.45) is 0. The van der Waals surface area contributed by atoms with Crippen LogP contribution in [0.15, 0.2) is 17.0 Å². The molecule has 0 saturated carbocycles. The Labute approximate surface area is 82.5 Å². The van der Waals surface area contributed by atoms with Gasteiger partial charge in [-0.15, -0.1) is 0 Å². The van der Waals surface area contributed by atoms with Crippen LogP contribution in [0.3, 0.4) is 0 Å². The van der Waals surface area contributed by atoms with Gasteiger partial charge < -0.3 is 11.5 Å². The maximum atomic E-state index is 10.8. The van der Waals surface area contributed by atoms with Gasteiger partial charge in [-0.05, 0) is 30.2 Å². The van der Waals surface area contributed by atoms with Crippen LogP contribution >= 0.6 is 0 Å². The highest BCUT2D eigenvalue weighted by Gasteiger charge is 2.15. The largest absolute Gasteiger partial charge is 0.398 e. The zero-order valence-electron chi connectivity index (χ0n) is 7.69. The topological polar surface area (TPSA) is 106 Å². The molecular formula is C8H12N2O3S. The predicted molar refractivity (Wildman–Crippen MR) is 53.3 cm³/mol. The van der Waals surface area contributed by atoms with Crippen molar-refractivity contribution >= 4 is 15.8 Å². The van der Waals surface area contributed by atoms with E-state index in [9.17, 15) is 8.42 Å². The van der Waals surface area contributed by atoms with Crippen molar-refractivity contribution in [1.29, 1.82) is 0 Å². The standard InChI is InChI=1S/C8H12N2O3S/c1-5-2-8(14(11,12)13)7(10)3-6(5)4-9/h2-3H,4,9-10H2,1H3,(H,11,12,13). The first kappa shape index (κ1) is 11.0. The molecule has 1 aromatic carbocycles. The molecule has 0 bridgehead atoms. The van der Waals surface area contributed by atoms with E-state index in [1.54, 1.807) is 6.92 Å². The third kappa shape index (κ3) is 2.03. The number of nitrogens with two attached hydrogens (primary N) is 2. The van der Waals surface area contributed by atoms with E-state index >= 15 is 0 Å². The molecule has 78 valence electrons. The average Bonchev–Trinajstić information content (AvgIpc) is 2.06. The molecule has 0 aliphatic carbocycles. The summed E-state index contributed by atoms with van der Waals surface area (Å²) < 4.78 is 30.5. The number of hydrogen-bond acceptors (Lipinski definition) is 4. The molecule has 0 saturated heterocycles. The molecule has 1 rings (SSSR count). The molecule has 0 fully saturated rings. The van der Waals surface area contributed by atoms with Gasteiger partial charge in [0.25, 0.3) is 10.1 Å². The predicted octanol–water partition coefficient (Wildman–Crippen LogP) is 0.283. The number of anilines is 1. The van der Waals surface area contributed by atoms with Gasteiger partial charge in [0.2, 0.25) is 0 Å². The van der Waals surface area contributed by atoms with E-state index < -0.39 is 10.1 Å². The Morgan fingerprint density at radius 2 is 2.00 bits per heavy atom. The quantitative estimate of drug-likeness (QED) is 0.486. The Morgan fingerprint density at radius 1 is 1.43 bits per heavy atom. The van der Waals surface area contributed by atoms with Crippen LogP contribution < -0.4 is 11.5 Å². The van der Waals surface area contributed by atoms with Gasteiger partial charge in [-0.25, -0.2) is 0 Å². The van der Waals surface area contributed by atoms with Crippen molar-refractivity contribution in [2.75, 3.05) is 5.73 Å². The molecule has 0 spiro atoms. The molecular weight excluding hydrogens is 204 g/mol. The van der Waals surface area contributed by atoms with Crippen molar-refractivity contribution in [1.82, 2.24) is 0 Å². The molecule has 0 unspecified atom stereocenters. The highest BCUT2D eigenvalue weighted by atomic mass is 32.2. The van der Waals surface area contributed by atoms with Crippen LogP contribution in [-0.4, -0.2) is 13.0 Å². The molecule has 1 aromatic rings. The third-order valence-electron chi connectivity index (χ3n) is 1.97. The van der Waals surface area contributed by atoms with E-state index in [0.29, 0.717) is 5.56 Å². The first-order chi connectivity index (χ1) is 6.36. The van der Waals surface area contributed by atoms with Crippen molar-refractivity contribution in [3.8, 4) is 0 Å². The second-order valence-electron chi connectivity index (χ2n) is 3.00. The Morgan fingerprint density at radius 3 is 2.43 bits per heavy atom. The first-order valence-electron chi connectivity index (χ1n) is 3.93. The monoisotopic (exact) mass is 216 g/mol. The van der Waals surface area contributed by atoms with Gasteiger partial charge in [0.05, 0.1) is 5.69 Å². The van der Waals surface area contributed by atoms with Gasteiger partial charge in [0.15, 0.2) is 0 Å². The van der Waals surface area contributed by atoms with Gasteiger partial charge >= 0.3 is 0 Å². The van der Waals surface area contributed by atoms with Crippen LogP contribution in [0, 0.1) is 6.92 Å². The summed E-state index contributed by atoms with van der Waals surface area (Å²) in [5.74, 6) is 0. The summed E-state index contributed by atoms with van der Waals surface area (Å²) in [4.78, 5) is -0.271. The smallest absolute Gasteiger partial charge is 0.296 e. The van der Waals surface area contributed by atoms with Crippen molar-refractivity contribution in [3.05, 3.63) is 23.3 Å². The van der Waals surface area contributed by atoms with Crippen LogP contribution in [0.1, 0.15) is 11.1 Å². The fourth-order valence-corrected chi connectivity index (χ4v) is 1.87. The number of benzene rings is 1. The first-order valence-corrected chi connectivity index (χ1v) is 5.37. The zero-order chi connectivity index (χ0) is 10.9. The molecule has 6 heteroatoms. The van der Waals surface area contributed by atoms with E-state index in [2.05, 4.69) is 0 Å². The summed E-state index contributed by atoms with van der Waals surface area (Å²) in [5, 5.41) is 0. The van der Waals surface area contributed by atoms with Crippen LogP contribution in [-0.2, 0) is 16.7 Å². The fourth-order valence-electron chi connectivity index (χ4n) is 1.19. The lowest BCUT2D eigenvalue weighted by Gasteiger charge is -2.08. The summed E-state index contributed by atoms with van der Waals surface area (Å²) in [6.45, 7) is 1.98. The molecule has 0 aliphatic heterocycles. The maximum Gasteiger partial charge on any atom is 0.296 e. The molecule has 5 N–H and O–H groups in total. The molecule has 0 radical (unpaired) electrons. The third-order valence-corrected chi connectivity index (χ3v) is 2.88. The van der Waals surface area contributed by atoms with Crippen molar-refractivity contribution in [3.63, 3.8) is 0 Å². The summed E-state index contributed by atoms with van der Waals surface area (Å²) >= 11 is 0. The molecule has 14 heavy (non-hydrogen) atoms. The Kier molecular flexibility index (Phi) is 2.79. The minimum Gasteiger partial charge on any atom is -0.398 e. The zero-order valence-corrected chi connectivity index (χ0v) is 8.50. The molecule has 0 heterocycles. The summed E-state index contributed by atoms with van der Waals surface area (Å²) in [6, 6.07) is 2.77. The number of aryl methyl sites for hydroxylation is 1. The second-order valence-corrected chi connectivity index (χ2v) is 4.39. The van der Waals surface area contributed by atoms with Gasteiger partial charge in [-0.3, -0.25) is 4.55 Å². The molecule has 5 nitrogen and oxygen atoms in total. The molecule has 0 amide bonds. The number of rotatable bonds is 2. The average molecular weight is 216 g/mol. The number of hydrogen-bond donors (Lipinski definition) is 3. The molecule has 0 atom stereocenters. The maximum absolute atomic E-state index is 10.8. The highest BCUT2D eigenvalue weighted by molar-refractivity contribution is 7.86. The van der Waals surface area contributed by atoms with Crippen LogP contribution in [0.4, 0.5) is 5.69 Å². The minimum absolute atomic E-state index is 0.0125. The Hall–Kier alpha value is -1.11. The van der Waals surface area contributed by atoms with Crippen molar-refractivity contribution in [2.45, 2.75) is 18.4 Å². The van der Waals surface area contributed by atoms with E-state index in [4.69, 9.17) is 16.0 Å². The van der Waals surface area contributed by atoms with Crippen molar-refractivity contribution in [2.24, 2.45) is 5.73 Å².